The fraction of sp³-hybridized carbons (Fsp3) is 1.00. The zero-order chi connectivity index (χ0) is 22.7. The fourth-order valence-corrected chi connectivity index (χ4v) is 7.60. The topological polar surface area (TPSA) is 124 Å². The molecule has 0 radical (unpaired) electrons. The minimum Gasteiger partial charge on any atom is -0.380 e. The predicted octanol–water partition coefficient (Wildman–Crippen LogP) is -1.39. The number of hydrogen-bond acceptors (Lipinski definition) is 9. The van der Waals surface area contributed by atoms with Crippen LogP contribution >= 0.6 is 0 Å². The lowest BCUT2D eigenvalue weighted by atomic mass is 9.80. The number of hydrogen-bond donors (Lipinski definition) is 5. The van der Waals surface area contributed by atoms with Gasteiger partial charge in [0.1, 0.15) is 5.25 Å². The van der Waals surface area contributed by atoms with E-state index in [0.717, 1.165) is 38.8 Å². The first-order valence-corrected chi connectivity index (χ1v) is 13.9. The van der Waals surface area contributed by atoms with E-state index in [1.165, 1.54) is 25.9 Å². The average Bonchev–Trinajstić information content (AvgIpc) is 3.45. The molecule has 0 aromatic carbocycles. The fourth-order valence-electron chi connectivity index (χ4n) is 6.17. The molecule has 7 unspecified atom stereocenters. The van der Waals surface area contributed by atoms with Crippen LogP contribution in [0.25, 0.3) is 0 Å². The smallest absolute Gasteiger partial charge is 0.217 e. The molecule has 11 heteroatoms. The Balaban J connectivity index is 1.36. The minimum atomic E-state index is -3.62. The summed E-state index contributed by atoms with van der Waals surface area (Å²) in [6.45, 7) is 4.63. The first-order valence-electron chi connectivity index (χ1n) is 12.3. The lowest BCUT2D eigenvalue weighted by molar-refractivity contribution is 0.00328. The van der Waals surface area contributed by atoms with Gasteiger partial charge in [-0.25, -0.2) is 18.1 Å². The highest BCUT2D eigenvalue weighted by Gasteiger charge is 2.47. The van der Waals surface area contributed by atoms with Crippen molar-refractivity contribution in [3.05, 3.63) is 0 Å². The summed E-state index contributed by atoms with van der Waals surface area (Å²) in [7, 11) is 0.0352. The predicted molar refractivity (Wildman–Crippen MR) is 125 cm³/mol. The van der Waals surface area contributed by atoms with Crippen molar-refractivity contribution in [2.24, 2.45) is 11.7 Å². The van der Waals surface area contributed by atoms with E-state index < -0.39 is 15.3 Å². The zero-order valence-corrected chi connectivity index (χ0v) is 20.4. The van der Waals surface area contributed by atoms with Crippen molar-refractivity contribution in [1.82, 2.24) is 30.7 Å². The number of nitrogens with zero attached hydrogens (tertiary/aromatic N) is 2. The van der Waals surface area contributed by atoms with Crippen molar-refractivity contribution in [1.29, 1.82) is 0 Å². The van der Waals surface area contributed by atoms with Gasteiger partial charge in [-0.3, -0.25) is 5.43 Å². The lowest BCUT2D eigenvalue weighted by Crippen LogP contribution is -2.62. The van der Waals surface area contributed by atoms with Crippen LogP contribution in [0.5, 0.6) is 0 Å². The molecule has 32 heavy (non-hydrogen) atoms. The number of nitrogens with one attached hydrogen (secondary N) is 4. The van der Waals surface area contributed by atoms with Crippen LogP contribution < -0.4 is 26.5 Å². The number of rotatable bonds is 9. The third-order valence-corrected chi connectivity index (χ3v) is 9.89. The van der Waals surface area contributed by atoms with E-state index in [0.29, 0.717) is 18.5 Å². The monoisotopic (exact) mass is 473 g/mol. The number of methoxy groups -OCH3 is 1. The number of hydrazine groups is 1. The second-order valence-corrected chi connectivity index (χ2v) is 12.0. The Morgan fingerprint density at radius 1 is 1.22 bits per heavy atom. The summed E-state index contributed by atoms with van der Waals surface area (Å²) < 4.78 is 35.5. The number of likely N-dealkylation sites (N-methyl/N-ethyl adjacent to an activating group) is 1. The highest BCUT2D eigenvalue weighted by molar-refractivity contribution is 7.90. The molecule has 186 valence electrons. The number of sulfonamides is 1. The van der Waals surface area contributed by atoms with Crippen molar-refractivity contribution < 1.29 is 13.2 Å². The summed E-state index contributed by atoms with van der Waals surface area (Å²) >= 11 is 0. The molecular weight excluding hydrogens is 430 g/mol. The van der Waals surface area contributed by atoms with Gasteiger partial charge in [0.25, 0.3) is 0 Å². The van der Waals surface area contributed by atoms with Crippen LogP contribution in [0.3, 0.4) is 0 Å². The van der Waals surface area contributed by atoms with E-state index in [2.05, 4.69) is 25.7 Å². The number of fused-ring (bicyclic) bond motifs is 1. The molecule has 3 aliphatic heterocycles. The molecule has 3 saturated heterocycles. The minimum absolute atomic E-state index is 0.0797. The lowest BCUT2D eigenvalue weighted by Gasteiger charge is -2.41. The Bertz CT molecular complexity index is 706. The normalized spacial score (nSPS) is 38.1. The molecule has 1 saturated carbocycles. The van der Waals surface area contributed by atoms with Crippen LogP contribution in [0, 0.1) is 5.92 Å². The van der Waals surface area contributed by atoms with Crippen molar-refractivity contribution in [3.63, 3.8) is 0 Å². The van der Waals surface area contributed by atoms with Gasteiger partial charge in [-0.2, -0.15) is 0 Å². The first kappa shape index (κ1) is 24.7. The molecule has 6 N–H and O–H groups in total. The van der Waals surface area contributed by atoms with Crippen molar-refractivity contribution in [2.75, 3.05) is 53.4 Å². The van der Waals surface area contributed by atoms with Gasteiger partial charge in [-0.05, 0) is 64.1 Å². The number of piperidine rings is 1. The molecule has 0 aromatic rings. The molecule has 10 nitrogen and oxygen atoms in total. The average molecular weight is 474 g/mol. The Morgan fingerprint density at radius 2 is 2.00 bits per heavy atom. The molecule has 4 rings (SSSR count). The van der Waals surface area contributed by atoms with Gasteiger partial charge in [-0.15, -0.1) is 0 Å². The summed E-state index contributed by atoms with van der Waals surface area (Å²) in [5, 5.41) is 8.33. The first-order chi connectivity index (χ1) is 15.4. The van der Waals surface area contributed by atoms with Gasteiger partial charge < -0.3 is 26.0 Å². The van der Waals surface area contributed by atoms with Gasteiger partial charge in [0, 0.05) is 45.9 Å². The summed E-state index contributed by atoms with van der Waals surface area (Å²) in [6.07, 6.45) is 6.61. The number of nitrogens with two attached hydrogens (primary N) is 1. The summed E-state index contributed by atoms with van der Waals surface area (Å²) in [5.41, 5.74) is 9.32. The largest absolute Gasteiger partial charge is 0.380 e. The van der Waals surface area contributed by atoms with Crippen LogP contribution in [0.1, 0.15) is 38.5 Å². The quantitative estimate of drug-likeness (QED) is 0.275. The van der Waals surface area contributed by atoms with E-state index in [-0.39, 0.29) is 30.9 Å². The summed E-state index contributed by atoms with van der Waals surface area (Å²) in [5.74, 6) is 0.419. The maximum absolute atomic E-state index is 13.4. The van der Waals surface area contributed by atoms with Gasteiger partial charge in [0.2, 0.25) is 10.0 Å². The van der Waals surface area contributed by atoms with Crippen LogP contribution in [-0.4, -0.2) is 107 Å². The van der Waals surface area contributed by atoms with Crippen molar-refractivity contribution in [3.8, 4) is 0 Å². The maximum atomic E-state index is 13.4. The second kappa shape index (κ2) is 10.9. The van der Waals surface area contributed by atoms with E-state index in [4.69, 9.17) is 10.5 Å². The molecule has 0 aromatic heterocycles. The molecule has 1 aliphatic carbocycles. The Kier molecular flexibility index (Phi) is 8.44. The van der Waals surface area contributed by atoms with Crippen molar-refractivity contribution in [2.45, 2.75) is 74.2 Å². The van der Waals surface area contributed by atoms with Gasteiger partial charge in [0.15, 0.2) is 0 Å². The van der Waals surface area contributed by atoms with Crippen LogP contribution in [0.2, 0.25) is 0 Å². The molecule has 3 heterocycles. The van der Waals surface area contributed by atoms with Gasteiger partial charge >= 0.3 is 0 Å². The Hall–Kier alpha value is -0.370. The number of likely N-dealkylation sites (tertiary alicyclic amines) is 1. The SMILES string of the molecule is COC1CCC2CNN(C)C2C1NS(=O)(=O)C(CN)CNC1CC(N2CCCC2)CCN1. The van der Waals surface area contributed by atoms with Crippen LogP contribution in [0.15, 0.2) is 0 Å². The molecule has 7 atom stereocenters. The standard InChI is InChI=1S/C21H43N7O3S/c1-27-21-15(13-25-27)5-6-18(31-2)20(21)26-32(29,30)17(12-22)14-24-19-11-16(7-8-23-19)28-9-3-4-10-28/h15-21,23-26H,3-14,22H2,1-2H3. The third-order valence-electron chi connectivity index (χ3n) is 8.05. The second-order valence-electron chi connectivity index (χ2n) is 9.96. The van der Waals surface area contributed by atoms with Crippen LogP contribution in [-0.2, 0) is 14.8 Å². The molecule has 4 aliphatic rings. The Labute approximate surface area is 193 Å². The highest BCUT2D eigenvalue weighted by atomic mass is 32.2. The van der Waals surface area contributed by atoms with Crippen molar-refractivity contribution >= 4 is 10.0 Å². The summed E-state index contributed by atoms with van der Waals surface area (Å²) in [4.78, 5) is 2.59. The molecule has 0 bridgehead atoms. The molecular formula is C21H43N7O3S. The van der Waals surface area contributed by atoms with E-state index in [1.807, 2.05) is 12.1 Å². The molecule has 0 spiro atoms. The number of ether oxygens (including phenoxy) is 1. The Morgan fingerprint density at radius 3 is 2.72 bits per heavy atom. The molecule has 0 amide bonds. The maximum Gasteiger partial charge on any atom is 0.217 e. The van der Waals surface area contributed by atoms with Gasteiger partial charge in [0.05, 0.1) is 18.3 Å². The van der Waals surface area contributed by atoms with Gasteiger partial charge in [-0.1, -0.05) is 0 Å². The summed E-state index contributed by atoms with van der Waals surface area (Å²) in [6, 6.07) is 0.371. The van der Waals surface area contributed by atoms with E-state index in [1.54, 1.807) is 7.11 Å². The van der Waals surface area contributed by atoms with Crippen LogP contribution in [0.4, 0.5) is 0 Å². The zero-order valence-electron chi connectivity index (χ0n) is 19.6. The molecule has 4 fully saturated rings. The van der Waals surface area contributed by atoms with E-state index in [9.17, 15) is 8.42 Å². The highest BCUT2D eigenvalue weighted by Crippen LogP contribution is 2.33. The van der Waals surface area contributed by atoms with E-state index >= 15 is 0 Å². The third kappa shape index (κ3) is 5.47.